The Morgan fingerprint density at radius 2 is 1.59 bits per heavy atom. The molecule has 86 valence electrons. The average molecular weight is 232 g/mol. The lowest BCUT2D eigenvalue weighted by Gasteiger charge is -2.13. The first-order valence-electron chi connectivity index (χ1n) is 4.74. The summed E-state index contributed by atoms with van der Waals surface area (Å²) in [6, 6.07) is 5.94. The summed E-state index contributed by atoms with van der Waals surface area (Å²) in [7, 11) is 0. The van der Waals surface area contributed by atoms with Gasteiger partial charge in [-0.15, -0.1) is 0 Å². The van der Waals surface area contributed by atoms with Gasteiger partial charge in [0, 0.05) is 17.8 Å². The Labute approximate surface area is 96.1 Å². The highest BCUT2D eigenvalue weighted by atomic mass is 16.4. The number of nitrogens with zero attached hydrogens (tertiary/aromatic N) is 1. The van der Waals surface area contributed by atoms with Crippen LogP contribution in [0.4, 0.5) is 16.2 Å². The fourth-order valence-electron chi connectivity index (χ4n) is 1.47. The van der Waals surface area contributed by atoms with Gasteiger partial charge in [0.15, 0.2) is 0 Å². The zero-order valence-electron chi connectivity index (χ0n) is 8.58. The lowest BCUT2D eigenvalue weighted by Crippen LogP contribution is -2.29. The number of carbonyl (C=O) groups excluding carboxylic acids is 2. The van der Waals surface area contributed by atoms with E-state index >= 15 is 0 Å². The summed E-state index contributed by atoms with van der Waals surface area (Å²) in [6.45, 7) is 0. The van der Waals surface area contributed by atoms with Crippen LogP contribution in [-0.2, 0) is 9.59 Å². The number of nitrogens with one attached hydrogen (secondary N) is 1. The summed E-state index contributed by atoms with van der Waals surface area (Å²) in [5.74, 6) is -0.817. The Morgan fingerprint density at radius 1 is 1.06 bits per heavy atom. The Kier molecular flexibility index (Phi) is 2.61. The van der Waals surface area contributed by atoms with Gasteiger partial charge >= 0.3 is 6.09 Å². The number of hydrogen-bond acceptors (Lipinski definition) is 3. The molecule has 0 spiro atoms. The Bertz CT molecular complexity index is 501. The van der Waals surface area contributed by atoms with E-state index in [-0.39, 0.29) is 0 Å². The normalized spacial score (nSPS) is 14.2. The predicted octanol–water partition coefficient (Wildman–Crippen LogP) is 1.21. The predicted molar refractivity (Wildman–Crippen MR) is 59.7 cm³/mol. The number of rotatable bonds is 2. The van der Waals surface area contributed by atoms with Gasteiger partial charge in [-0.05, 0) is 24.3 Å². The van der Waals surface area contributed by atoms with Gasteiger partial charge in [-0.1, -0.05) is 0 Å². The summed E-state index contributed by atoms with van der Waals surface area (Å²) in [5.41, 5.74) is 0.772. The number of carboxylic acid groups (broad SMARTS) is 1. The van der Waals surface area contributed by atoms with Crippen molar-refractivity contribution in [1.29, 1.82) is 0 Å². The second kappa shape index (κ2) is 4.09. The molecule has 0 atom stereocenters. The highest BCUT2D eigenvalue weighted by Gasteiger charge is 2.24. The van der Waals surface area contributed by atoms with E-state index in [0.29, 0.717) is 11.4 Å². The Hall–Kier alpha value is -2.63. The van der Waals surface area contributed by atoms with Crippen molar-refractivity contribution in [2.45, 2.75) is 0 Å². The van der Waals surface area contributed by atoms with Gasteiger partial charge in [-0.3, -0.25) is 14.9 Å². The molecule has 1 heterocycles. The van der Waals surface area contributed by atoms with Crippen LogP contribution in [0.25, 0.3) is 0 Å². The highest BCUT2D eigenvalue weighted by Crippen LogP contribution is 2.21. The van der Waals surface area contributed by atoms with E-state index in [2.05, 4.69) is 5.32 Å². The number of anilines is 2. The third kappa shape index (κ3) is 2.15. The van der Waals surface area contributed by atoms with E-state index in [1.165, 1.54) is 36.4 Å². The molecule has 17 heavy (non-hydrogen) atoms. The standard InChI is InChI=1S/C11H8N2O4/c14-9-5-6-10(15)13(9)8-3-1-7(2-4-8)12-11(16)17/h1-6,12H,(H,16,17). The van der Waals surface area contributed by atoms with Crippen molar-refractivity contribution >= 4 is 29.3 Å². The van der Waals surface area contributed by atoms with Crippen molar-refractivity contribution in [1.82, 2.24) is 0 Å². The van der Waals surface area contributed by atoms with Crippen molar-refractivity contribution in [3.63, 3.8) is 0 Å². The molecule has 2 rings (SSSR count). The molecule has 1 aromatic carbocycles. The van der Waals surface area contributed by atoms with Gasteiger partial charge in [0.2, 0.25) is 0 Å². The zero-order chi connectivity index (χ0) is 12.4. The lowest BCUT2D eigenvalue weighted by atomic mass is 10.2. The van der Waals surface area contributed by atoms with Crippen molar-refractivity contribution in [3.8, 4) is 0 Å². The van der Waals surface area contributed by atoms with Crippen molar-refractivity contribution in [3.05, 3.63) is 36.4 Å². The van der Waals surface area contributed by atoms with E-state index in [1.807, 2.05) is 0 Å². The van der Waals surface area contributed by atoms with Crippen LogP contribution in [0.2, 0.25) is 0 Å². The molecule has 6 heteroatoms. The fraction of sp³-hybridized carbons (Fsp3) is 0. The maximum atomic E-state index is 11.4. The zero-order valence-corrected chi connectivity index (χ0v) is 8.58. The van der Waals surface area contributed by atoms with Crippen LogP contribution in [0.15, 0.2) is 36.4 Å². The van der Waals surface area contributed by atoms with Crippen molar-refractivity contribution in [2.75, 3.05) is 10.2 Å². The minimum atomic E-state index is -1.17. The summed E-state index contributed by atoms with van der Waals surface area (Å²) in [5, 5.41) is 10.6. The van der Waals surface area contributed by atoms with Crippen LogP contribution in [0, 0.1) is 0 Å². The average Bonchev–Trinajstić information content (AvgIpc) is 2.59. The van der Waals surface area contributed by atoms with E-state index in [1.54, 1.807) is 0 Å². The first kappa shape index (κ1) is 10.9. The van der Waals surface area contributed by atoms with Crippen LogP contribution in [0.3, 0.4) is 0 Å². The highest BCUT2D eigenvalue weighted by molar-refractivity contribution is 6.28. The fourth-order valence-corrected chi connectivity index (χ4v) is 1.47. The minimum absolute atomic E-state index is 0.369. The number of amides is 3. The second-order valence-corrected chi connectivity index (χ2v) is 3.32. The molecular formula is C11H8N2O4. The molecule has 0 fully saturated rings. The second-order valence-electron chi connectivity index (χ2n) is 3.32. The summed E-state index contributed by atoms with van der Waals surface area (Å²) in [4.78, 5) is 34.1. The van der Waals surface area contributed by atoms with Gasteiger partial charge in [0.1, 0.15) is 0 Å². The van der Waals surface area contributed by atoms with Crippen LogP contribution in [0.5, 0.6) is 0 Å². The first-order valence-corrected chi connectivity index (χ1v) is 4.74. The number of hydrogen-bond donors (Lipinski definition) is 2. The Balaban J connectivity index is 2.21. The van der Waals surface area contributed by atoms with E-state index in [0.717, 1.165) is 4.90 Å². The minimum Gasteiger partial charge on any atom is -0.465 e. The lowest BCUT2D eigenvalue weighted by molar-refractivity contribution is -0.119. The molecule has 1 aliphatic heterocycles. The SMILES string of the molecule is O=C(O)Nc1ccc(N2C(=O)C=CC2=O)cc1. The molecular weight excluding hydrogens is 224 g/mol. The molecule has 6 nitrogen and oxygen atoms in total. The molecule has 0 bridgehead atoms. The topological polar surface area (TPSA) is 86.7 Å². The van der Waals surface area contributed by atoms with Crippen LogP contribution < -0.4 is 10.2 Å². The summed E-state index contributed by atoms with van der Waals surface area (Å²) >= 11 is 0. The first-order chi connectivity index (χ1) is 8.08. The quantitative estimate of drug-likeness (QED) is 0.750. The van der Waals surface area contributed by atoms with Crippen molar-refractivity contribution < 1.29 is 19.5 Å². The summed E-state index contributed by atoms with van der Waals surface area (Å²) < 4.78 is 0. The molecule has 0 unspecified atom stereocenters. The van der Waals surface area contributed by atoms with Crippen molar-refractivity contribution in [2.24, 2.45) is 0 Å². The molecule has 3 amide bonds. The number of carbonyl (C=O) groups is 3. The summed E-state index contributed by atoms with van der Waals surface area (Å²) in [6.07, 6.45) is 1.20. The number of benzene rings is 1. The number of imide groups is 1. The molecule has 2 N–H and O–H groups in total. The maximum Gasteiger partial charge on any atom is 0.409 e. The molecule has 0 saturated heterocycles. The van der Waals surface area contributed by atoms with Gasteiger partial charge in [0.25, 0.3) is 11.8 Å². The van der Waals surface area contributed by atoms with Gasteiger partial charge < -0.3 is 5.11 Å². The van der Waals surface area contributed by atoms with Gasteiger partial charge in [0.05, 0.1) is 5.69 Å². The molecule has 0 aliphatic carbocycles. The molecule has 0 radical (unpaired) electrons. The largest absolute Gasteiger partial charge is 0.465 e. The van der Waals surface area contributed by atoms with Crippen LogP contribution in [-0.4, -0.2) is 23.0 Å². The third-order valence-corrected chi connectivity index (χ3v) is 2.19. The molecule has 1 aliphatic rings. The molecule has 1 aromatic rings. The van der Waals surface area contributed by atoms with Gasteiger partial charge in [-0.25, -0.2) is 9.69 Å². The monoisotopic (exact) mass is 232 g/mol. The van der Waals surface area contributed by atoms with Crippen LogP contribution in [0.1, 0.15) is 0 Å². The van der Waals surface area contributed by atoms with Crippen LogP contribution >= 0.6 is 0 Å². The molecule has 0 saturated carbocycles. The van der Waals surface area contributed by atoms with E-state index < -0.39 is 17.9 Å². The van der Waals surface area contributed by atoms with E-state index in [4.69, 9.17) is 5.11 Å². The third-order valence-electron chi connectivity index (χ3n) is 2.19. The van der Waals surface area contributed by atoms with E-state index in [9.17, 15) is 14.4 Å². The Morgan fingerprint density at radius 3 is 2.06 bits per heavy atom. The molecule has 0 aromatic heterocycles. The maximum absolute atomic E-state index is 11.4. The van der Waals surface area contributed by atoms with Gasteiger partial charge in [-0.2, -0.15) is 0 Å². The smallest absolute Gasteiger partial charge is 0.409 e.